The SMILES string of the molecule is CCC1(Cc2cc3c(-c4cccc5ccccc45)cccc3[cH-]2)CCC1.CCC1(Cc2cc3c(-c4cccc5ccccc45)cccc3[cH-]2)CCC1.[CH2-][Si][CH2-].[Cl][Zr+2][Cl].[Cl][Zr+2][Cl]. The monoisotopic (exact) mass is 1050 g/mol. The van der Waals surface area contributed by atoms with Gasteiger partial charge in [0.1, 0.15) is 0 Å². The molecule has 0 saturated heterocycles. The summed E-state index contributed by atoms with van der Waals surface area (Å²) in [5, 5.41) is 10.9. The van der Waals surface area contributed by atoms with E-state index in [4.69, 9.17) is 34.1 Å². The van der Waals surface area contributed by atoms with Gasteiger partial charge in [0.2, 0.25) is 0 Å². The van der Waals surface area contributed by atoms with Crippen molar-refractivity contribution in [3.63, 3.8) is 0 Å². The zero-order valence-corrected chi connectivity index (χ0v) is 44.3. The Hall–Kier alpha value is -1.80. The molecule has 0 heterocycles. The van der Waals surface area contributed by atoms with E-state index in [1.165, 1.54) is 141 Å². The van der Waals surface area contributed by atoms with E-state index in [0.717, 1.165) is 0 Å². The molecule has 0 unspecified atom stereocenters. The molecule has 0 atom stereocenters. The van der Waals surface area contributed by atoms with Crippen LogP contribution >= 0.6 is 34.1 Å². The van der Waals surface area contributed by atoms with E-state index in [0.29, 0.717) is 20.3 Å². The number of rotatable bonds is 8. The van der Waals surface area contributed by atoms with Crippen molar-refractivity contribution >= 4 is 86.7 Å². The quantitative estimate of drug-likeness (QED) is 0.105. The van der Waals surface area contributed by atoms with Gasteiger partial charge in [0.25, 0.3) is 0 Å². The van der Waals surface area contributed by atoms with Crippen LogP contribution < -0.4 is 0 Å². The molecular formula is C54H54Cl4SiZr2. The molecule has 2 fully saturated rings. The molecule has 0 spiro atoms. The molecule has 2 aliphatic rings. The minimum absolute atomic E-state index is 0.573. The predicted octanol–water partition coefficient (Wildman–Crippen LogP) is 18.0. The zero-order valence-electron chi connectivity index (χ0n) is 35.4. The number of fused-ring (bicyclic) bond motifs is 4. The molecule has 310 valence electrons. The van der Waals surface area contributed by atoms with Crippen LogP contribution in [0.15, 0.2) is 146 Å². The van der Waals surface area contributed by atoms with Gasteiger partial charge >= 0.3 is 75.7 Å². The Balaban J connectivity index is 0.000000171. The van der Waals surface area contributed by atoms with Crippen LogP contribution in [0.25, 0.3) is 65.3 Å². The third-order valence-electron chi connectivity index (χ3n) is 13.3. The van der Waals surface area contributed by atoms with E-state index in [1.807, 2.05) is 0 Å². The summed E-state index contributed by atoms with van der Waals surface area (Å²) < 4.78 is 0. The summed E-state index contributed by atoms with van der Waals surface area (Å²) in [7, 11) is 20.3. The van der Waals surface area contributed by atoms with Crippen molar-refractivity contribution in [2.24, 2.45) is 10.8 Å². The third-order valence-corrected chi connectivity index (χ3v) is 13.3. The Kier molecular flexibility index (Phi) is 19.1. The van der Waals surface area contributed by atoms with Gasteiger partial charge in [-0.3, -0.25) is 0 Å². The zero-order chi connectivity index (χ0) is 43.2. The van der Waals surface area contributed by atoms with Gasteiger partial charge in [0.15, 0.2) is 0 Å². The first-order valence-electron chi connectivity index (χ1n) is 21.4. The van der Waals surface area contributed by atoms with E-state index in [9.17, 15) is 0 Å². The Morgan fingerprint density at radius 1 is 0.492 bits per heavy atom. The first-order chi connectivity index (χ1) is 29.8. The van der Waals surface area contributed by atoms with Crippen molar-refractivity contribution in [2.45, 2.75) is 78.1 Å². The van der Waals surface area contributed by atoms with Crippen molar-refractivity contribution in [3.05, 3.63) is 170 Å². The molecule has 0 bridgehead atoms. The van der Waals surface area contributed by atoms with Crippen molar-refractivity contribution in [1.29, 1.82) is 0 Å². The molecular weight excluding hydrogens is 1000 g/mol. The predicted molar refractivity (Wildman–Crippen MR) is 265 cm³/mol. The van der Waals surface area contributed by atoms with E-state index in [-0.39, 0.29) is 0 Å². The summed E-state index contributed by atoms with van der Waals surface area (Å²) in [6.07, 6.45) is 13.5. The second-order valence-corrected chi connectivity index (χ2v) is 24.5. The van der Waals surface area contributed by atoms with Gasteiger partial charge in [0.05, 0.1) is 0 Å². The molecule has 0 N–H and O–H groups in total. The number of hydrogen-bond donors (Lipinski definition) is 0. The Bertz CT molecular complexity index is 2400. The van der Waals surface area contributed by atoms with Gasteiger partial charge in [-0.2, -0.15) is 12.1 Å². The van der Waals surface area contributed by atoms with E-state index in [1.54, 1.807) is 0 Å². The van der Waals surface area contributed by atoms with Crippen molar-refractivity contribution in [3.8, 4) is 22.3 Å². The summed E-state index contributed by atoms with van der Waals surface area (Å²) in [5.74, 6) is 0. The fraction of sp³-hybridized carbons (Fsp3) is 0.259. The molecule has 2 saturated carbocycles. The first-order valence-corrected chi connectivity index (χ1v) is 35.4. The summed E-state index contributed by atoms with van der Waals surface area (Å²) in [6, 6.07) is 54.0. The van der Waals surface area contributed by atoms with Gasteiger partial charge in [0, 0.05) is 0 Å². The van der Waals surface area contributed by atoms with Gasteiger partial charge in [-0.1, -0.05) is 148 Å². The van der Waals surface area contributed by atoms with Crippen LogP contribution in [0.3, 0.4) is 0 Å². The summed E-state index contributed by atoms with van der Waals surface area (Å²) >= 11 is -1.65. The average Bonchev–Trinajstić information content (AvgIpc) is 3.88. The van der Waals surface area contributed by atoms with Gasteiger partial charge in [-0.05, 0) is 82.0 Å². The Morgan fingerprint density at radius 2 is 0.803 bits per heavy atom. The fourth-order valence-electron chi connectivity index (χ4n) is 9.72. The standard InChI is InChI=1S/2C26H25.C2H4Si.4ClH.2Zr/c2*1-2-26(14-7-15-26)18-19-16-21-10-6-13-24(25(21)17-19)23-12-5-9-20-8-3-4-11-22(20)23;1-3-2;;;;;;/h2*3-6,8-13,16-17H,2,7,14-15,18H2,1H3;1-2H2;4*1H;;/q2*-1;-2;;;;;2*+4/p-4. The van der Waals surface area contributed by atoms with Crippen molar-refractivity contribution in [1.82, 2.24) is 0 Å². The van der Waals surface area contributed by atoms with Crippen LogP contribution in [0.1, 0.15) is 76.3 Å². The fourth-order valence-corrected chi connectivity index (χ4v) is 9.72. The van der Waals surface area contributed by atoms with Gasteiger partial charge in [-0.25, -0.2) is 0 Å². The van der Waals surface area contributed by atoms with Crippen LogP contribution in [0.5, 0.6) is 0 Å². The minimum atomic E-state index is -0.826. The molecule has 0 amide bonds. The van der Waals surface area contributed by atoms with E-state index < -0.39 is 41.7 Å². The molecule has 2 aliphatic carbocycles. The second kappa shape index (κ2) is 23.9. The van der Waals surface area contributed by atoms with Crippen molar-refractivity contribution < 1.29 is 41.7 Å². The summed E-state index contributed by atoms with van der Waals surface area (Å²) in [4.78, 5) is 0. The van der Waals surface area contributed by atoms with Crippen LogP contribution in [0, 0.1) is 23.9 Å². The third kappa shape index (κ3) is 11.9. The summed E-state index contributed by atoms with van der Waals surface area (Å²) in [5.41, 5.74) is 9.62. The topological polar surface area (TPSA) is 0 Å². The van der Waals surface area contributed by atoms with Crippen LogP contribution in [-0.4, -0.2) is 9.52 Å². The maximum atomic E-state index is 4.93. The second-order valence-electron chi connectivity index (χ2n) is 16.6. The number of hydrogen-bond acceptors (Lipinski definition) is 0. The molecule has 10 rings (SSSR count). The van der Waals surface area contributed by atoms with Crippen LogP contribution in [-0.2, 0) is 54.5 Å². The van der Waals surface area contributed by atoms with E-state index in [2.05, 4.69) is 173 Å². The molecule has 7 heteroatoms. The molecule has 8 aromatic carbocycles. The maximum absolute atomic E-state index is 4.93. The Morgan fingerprint density at radius 3 is 1.13 bits per heavy atom. The summed E-state index contributed by atoms with van der Waals surface area (Å²) in [6.45, 7) is 11.5. The molecule has 0 aliphatic heterocycles. The normalized spacial score (nSPS) is 14.3. The molecule has 0 aromatic heterocycles. The molecule has 0 nitrogen and oxygen atoms in total. The molecule has 61 heavy (non-hydrogen) atoms. The molecule has 8 aromatic rings. The number of halogens is 4. The molecule has 2 radical (unpaired) electrons. The average molecular weight is 1060 g/mol. The Labute approximate surface area is 405 Å². The first kappa shape index (κ1) is 48.7. The van der Waals surface area contributed by atoms with Crippen LogP contribution in [0.4, 0.5) is 0 Å². The van der Waals surface area contributed by atoms with E-state index >= 15 is 0 Å². The van der Waals surface area contributed by atoms with Gasteiger partial charge in [-0.15, -0.1) is 69.1 Å². The van der Waals surface area contributed by atoms with Crippen molar-refractivity contribution in [2.75, 3.05) is 0 Å². The number of benzene rings is 6. The van der Waals surface area contributed by atoms with Gasteiger partial charge < -0.3 is 22.6 Å². The van der Waals surface area contributed by atoms with Crippen LogP contribution in [0.2, 0.25) is 0 Å².